The van der Waals surface area contributed by atoms with Crippen LogP contribution in [0.4, 0.5) is 0 Å². The molecule has 0 fully saturated rings. The standard InChI is InChI=1S/C93H112N2O12S7/c1-9-102-81(96)37-25-15-21-33-64-56-62(8)108-89(64)74-49-50-76(109-74)91-66(35-23-17-27-39-83(98)104-11-3)59-79(112-91)70-47-48-71(88-87(70)94-114-95-88)80-60-67(36-24-18-28-40-84(99)105-12-4)92(113-80)77-52-51-75(110-77)90-65(34-22-16-26-38-82(97)103-10-2)58-78(111-90)63-44-46-69-68-45-43-61(7)55-72(68)93(73(69)57-63,53-31-19-29-41-85(100)106-13-5)54-32-20-30-42-86(101)107-14-6/h43-52,55-60H,9-42,53-54H2,1-8H3. The second kappa shape index (κ2) is 44.2. The maximum absolute atomic E-state index is 12.5. The number of benzene rings is 3. The Kier molecular flexibility index (Phi) is 33.8. The summed E-state index contributed by atoms with van der Waals surface area (Å²) < 4.78 is 42.0. The van der Waals surface area contributed by atoms with Gasteiger partial charge in [0.05, 0.1) is 51.4 Å². The number of rotatable bonds is 49. The first-order valence-corrected chi connectivity index (χ1v) is 47.3. The number of unbranched alkanes of at least 4 members (excludes halogenated alkanes) is 12. The van der Waals surface area contributed by atoms with Crippen LogP contribution in [0.5, 0.6) is 0 Å². The quantitative estimate of drug-likeness (QED) is 0.0199. The predicted octanol–water partition coefficient (Wildman–Crippen LogP) is 26.3. The first-order valence-electron chi connectivity index (χ1n) is 41.7. The number of aromatic nitrogens is 2. The Bertz CT molecular complexity index is 4820. The van der Waals surface area contributed by atoms with Gasteiger partial charge >= 0.3 is 35.8 Å². The van der Waals surface area contributed by atoms with E-state index < -0.39 is 0 Å². The third-order valence-corrected chi connectivity index (χ3v) is 29.5. The third kappa shape index (κ3) is 23.2. The average Bonchev–Trinajstić information content (AvgIpc) is 1.56. The molecule has 0 saturated heterocycles. The van der Waals surface area contributed by atoms with E-state index in [0.29, 0.717) is 78.2 Å². The molecule has 0 bridgehead atoms. The number of carbonyl (C=O) groups excluding carboxylic acids is 6. The van der Waals surface area contributed by atoms with E-state index in [2.05, 4.69) is 111 Å². The number of nitrogens with zero attached hydrogens (tertiary/aromatic N) is 2. The second-order valence-corrected chi connectivity index (χ2v) is 36.8. The first kappa shape index (κ1) is 87.3. The SMILES string of the molecule is CCOC(=O)CCCCCc1cc(C)sc1-c1ccc(-c2sc(-c3ccc(-c4cc(CCCCCC(=O)OCC)c(-c5ccc(-c6sc(-c7ccc8c(c7)C(CCCCCC(=O)OCC)(CCCCCC(=O)OCC)c7cc(C)ccc7-8)cc6CCCCCC(=O)OCC)s5)s4)c4nsnc34)cc2CCCCCC(=O)OCC)s1. The van der Waals surface area contributed by atoms with Crippen molar-refractivity contribution in [1.29, 1.82) is 0 Å². The summed E-state index contributed by atoms with van der Waals surface area (Å²) >= 11 is 12.3. The maximum atomic E-state index is 12.5. The molecule has 11 rings (SSSR count). The smallest absolute Gasteiger partial charge is 0.305 e. The molecule has 7 aromatic heterocycles. The van der Waals surface area contributed by atoms with Gasteiger partial charge in [-0.2, -0.15) is 8.75 Å². The maximum Gasteiger partial charge on any atom is 0.305 e. The molecule has 3 aromatic carbocycles. The van der Waals surface area contributed by atoms with Crippen molar-refractivity contribution in [1.82, 2.24) is 8.75 Å². The van der Waals surface area contributed by atoms with Crippen LogP contribution in [0.15, 0.2) is 97.1 Å². The molecule has 21 heteroatoms. The highest BCUT2D eigenvalue weighted by atomic mass is 32.1. The molecule has 114 heavy (non-hydrogen) atoms. The van der Waals surface area contributed by atoms with E-state index in [9.17, 15) is 28.8 Å². The van der Waals surface area contributed by atoms with Crippen LogP contribution in [0, 0.1) is 13.8 Å². The minimum Gasteiger partial charge on any atom is -0.466 e. The largest absolute Gasteiger partial charge is 0.466 e. The van der Waals surface area contributed by atoms with Crippen LogP contribution < -0.4 is 0 Å². The summed E-state index contributed by atoms with van der Waals surface area (Å²) in [4.78, 5) is 89.4. The third-order valence-electron chi connectivity index (χ3n) is 21.3. The van der Waals surface area contributed by atoms with E-state index >= 15 is 0 Å². The highest BCUT2D eigenvalue weighted by Gasteiger charge is 2.43. The summed E-state index contributed by atoms with van der Waals surface area (Å²) in [5.74, 6) is -0.845. The number of ether oxygens (including phenoxy) is 6. The van der Waals surface area contributed by atoms with Gasteiger partial charge in [-0.1, -0.05) is 99.4 Å². The predicted molar refractivity (Wildman–Crippen MR) is 473 cm³/mol. The van der Waals surface area contributed by atoms with E-state index in [1.54, 1.807) is 0 Å². The number of hydrogen-bond acceptors (Lipinski definition) is 21. The van der Waals surface area contributed by atoms with Crippen LogP contribution in [0.25, 0.3) is 92.5 Å². The lowest BCUT2D eigenvalue weighted by Crippen LogP contribution is -2.26. The van der Waals surface area contributed by atoms with Gasteiger partial charge in [-0.05, 0) is 263 Å². The number of fused-ring (bicyclic) bond motifs is 4. The van der Waals surface area contributed by atoms with Gasteiger partial charge in [0.25, 0.3) is 0 Å². The van der Waals surface area contributed by atoms with Crippen LogP contribution >= 0.6 is 79.7 Å². The molecule has 0 amide bonds. The van der Waals surface area contributed by atoms with Crippen LogP contribution in [0.3, 0.4) is 0 Å². The van der Waals surface area contributed by atoms with Crippen molar-refractivity contribution in [2.75, 3.05) is 39.6 Å². The van der Waals surface area contributed by atoms with Gasteiger partial charge in [0, 0.05) is 114 Å². The zero-order valence-electron chi connectivity index (χ0n) is 67.8. The number of aryl methyl sites for hydroxylation is 6. The second-order valence-electron chi connectivity index (χ2n) is 29.6. The van der Waals surface area contributed by atoms with Crippen molar-refractivity contribution in [3.63, 3.8) is 0 Å². The Morgan fingerprint density at radius 3 is 1.00 bits per heavy atom. The highest BCUT2D eigenvalue weighted by molar-refractivity contribution is 7.28. The molecule has 0 aliphatic heterocycles. The molecule has 14 nitrogen and oxygen atoms in total. The highest BCUT2D eigenvalue weighted by Crippen LogP contribution is 2.57. The van der Waals surface area contributed by atoms with Crippen molar-refractivity contribution >= 4 is 127 Å². The number of carbonyl (C=O) groups is 6. The molecule has 1 aliphatic carbocycles. The average molecular weight is 1670 g/mol. The van der Waals surface area contributed by atoms with Crippen molar-refractivity contribution < 1.29 is 57.2 Å². The molecular weight excluding hydrogens is 1560 g/mol. The Balaban J connectivity index is 0.926. The Morgan fingerprint density at radius 1 is 0.307 bits per heavy atom. The van der Waals surface area contributed by atoms with Crippen LogP contribution in [-0.4, -0.2) is 84.2 Å². The van der Waals surface area contributed by atoms with Crippen molar-refractivity contribution in [2.45, 2.75) is 253 Å². The lowest BCUT2D eigenvalue weighted by atomic mass is 9.70. The fourth-order valence-electron chi connectivity index (χ4n) is 15.9. The monoisotopic (exact) mass is 1670 g/mol. The van der Waals surface area contributed by atoms with Gasteiger partial charge < -0.3 is 28.4 Å². The lowest BCUT2D eigenvalue weighted by Gasteiger charge is -2.33. The van der Waals surface area contributed by atoms with Gasteiger partial charge in [-0.15, -0.1) is 68.0 Å². The van der Waals surface area contributed by atoms with E-state index in [1.807, 2.05) is 110 Å². The summed E-state index contributed by atoms with van der Waals surface area (Å²) in [5, 5.41) is 0. The molecule has 0 N–H and O–H groups in total. The van der Waals surface area contributed by atoms with Crippen molar-refractivity contribution in [2.24, 2.45) is 0 Å². The Labute approximate surface area is 702 Å². The molecule has 608 valence electrons. The summed E-state index contributed by atoms with van der Waals surface area (Å²) in [6, 6.07) is 37.4. The number of hydrogen-bond donors (Lipinski definition) is 0. The topological polar surface area (TPSA) is 184 Å². The molecule has 0 radical (unpaired) electrons. The van der Waals surface area contributed by atoms with Crippen LogP contribution in [-0.2, 0) is 88.3 Å². The molecular formula is C93H112N2O12S7. The van der Waals surface area contributed by atoms with E-state index in [0.717, 1.165) is 186 Å². The molecule has 10 aromatic rings. The minimum atomic E-state index is -0.274. The van der Waals surface area contributed by atoms with E-state index in [1.165, 1.54) is 116 Å². The van der Waals surface area contributed by atoms with Crippen molar-refractivity contribution in [3.8, 4) is 81.5 Å². The van der Waals surface area contributed by atoms with E-state index in [4.69, 9.17) is 37.2 Å². The Hall–Kier alpha value is -7.50. The molecule has 0 atom stereocenters. The number of esters is 6. The minimum absolute atomic E-state index is 0.121. The first-order chi connectivity index (χ1) is 55.5. The summed E-state index contributed by atoms with van der Waals surface area (Å²) in [7, 11) is 0. The molecule has 0 spiro atoms. The zero-order valence-corrected chi connectivity index (χ0v) is 73.6. The van der Waals surface area contributed by atoms with Crippen molar-refractivity contribution in [3.05, 3.63) is 141 Å². The molecule has 0 saturated carbocycles. The fraction of sp³-hybridized carbons (Fsp3) is 0.484. The fourth-order valence-corrected chi connectivity index (χ4v) is 23.8. The Morgan fingerprint density at radius 2 is 0.623 bits per heavy atom. The lowest BCUT2D eigenvalue weighted by molar-refractivity contribution is -0.144. The van der Waals surface area contributed by atoms with Gasteiger partial charge in [0.15, 0.2) is 0 Å². The number of thiophene rings is 6. The van der Waals surface area contributed by atoms with Gasteiger partial charge in [0.2, 0.25) is 0 Å². The van der Waals surface area contributed by atoms with Gasteiger partial charge in [0.1, 0.15) is 11.0 Å². The summed E-state index contributed by atoms with van der Waals surface area (Å²) in [5.41, 5.74) is 16.5. The van der Waals surface area contributed by atoms with Crippen LogP contribution in [0.1, 0.15) is 252 Å². The summed E-state index contributed by atoms with van der Waals surface area (Å²) in [6.07, 6.45) is 23.8. The van der Waals surface area contributed by atoms with Gasteiger partial charge in [-0.25, -0.2) is 0 Å². The van der Waals surface area contributed by atoms with Gasteiger partial charge in [-0.3, -0.25) is 28.8 Å². The normalized spacial score (nSPS) is 12.2. The molecule has 0 unspecified atom stereocenters. The van der Waals surface area contributed by atoms with E-state index in [-0.39, 0.29) is 41.2 Å². The molecule has 7 heterocycles. The van der Waals surface area contributed by atoms with Crippen LogP contribution in [0.2, 0.25) is 0 Å². The molecule has 1 aliphatic rings. The zero-order chi connectivity index (χ0) is 80.4. The summed E-state index contributed by atoms with van der Waals surface area (Å²) in [6.45, 7) is 17.8.